The van der Waals surface area contributed by atoms with Gasteiger partial charge in [-0.3, -0.25) is 9.59 Å². The van der Waals surface area contributed by atoms with Crippen molar-refractivity contribution in [1.29, 1.82) is 0 Å². The smallest absolute Gasteiger partial charge is 0.254 e. The first-order valence-corrected chi connectivity index (χ1v) is 10.4. The Morgan fingerprint density at radius 3 is 2.67 bits per heavy atom. The maximum atomic E-state index is 13.1. The lowest BCUT2D eigenvalue weighted by Crippen LogP contribution is -2.36. The van der Waals surface area contributed by atoms with E-state index in [1.54, 1.807) is 12.0 Å². The average molecular weight is 411 g/mol. The van der Waals surface area contributed by atoms with Gasteiger partial charge in [-0.05, 0) is 36.6 Å². The number of ether oxygens (including phenoxy) is 2. The van der Waals surface area contributed by atoms with Gasteiger partial charge in [-0.15, -0.1) is 0 Å². The summed E-state index contributed by atoms with van der Waals surface area (Å²) in [6, 6.07) is 10.9. The average Bonchev–Trinajstić information content (AvgIpc) is 2.98. The van der Waals surface area contributed by atoms with Crippen LogP contribution in [0.25, 0.3) is 0 Å². The van der Waals surface area contributed by atoms with Crippen LogP contribution in [0.1, 0.15) is 55.8 Å². The van der Waals surface area contributed by atoms with Crippen LogP contribution in [0.3, 0.4) is 0 Å². The number of amides is 2. The molecule has 0 saturated heterocycles. The van der Waals surface area contributed by atoms with Crippen LogP contribution in [-0.4, -0.2) is 25.5 Å². The molecule has 0 unspecified atom stereocenters. The molecule has 1 N–H and O–H groups in total. The summed E-state index contributed by atoms with van der Waals surface area (Å²) in [5, 5.41) is 2.78. The number of methoxy groups -OCH3 is 1. The second-order valence-corrected chi connectivity index (χ2v) is 7.61. The van der Waals surface area contributed by atoms with E-state index in [0.29, 0.717) is 24.7 Å². The number of rotatable bonds is 9. The van der Waals surface area contributed by atoms with Crippen molar-refractivity contribution in [3.63, 3.8) is 0 Å². The second-order valence-electron chi connectivity index (χ2n) is 7.61. The number of aryl methyl sites for hydroxylation is 1. The Kier molecular flexibility index (Phi) is 6.98. The Bertz CT molecular complexity index is 925. The molecule has 0 fully saturated rings. The van der Waals surface area contributed by atoms with Crippen LogP contribution in [0.15, 0.2) is 36.4 Å². The van der Waals surface area contributed by atoms with E-state index in [1.807, 2.05) is 43.3 Å². The molecular formula is C24H30N2O4. The van der Waals surface area contributed by atoms with Crippen LogP contribution >= 0.6 is 0 Å². The minimum absolute atomic E-state index is 0.131. The zero-order valence-corrected chi connectivity index (χ0v) is 18.2. The molecule has 160 valence electrons. The van der Waals surface area contributed by atoms with Gasteiger partial charge in [-0.1, -0.05) is 44.0 Å². The van der Waals surface area contributed by atoms with Gasteiger partial charge < -0.3 is 19.7 Å². The third-order valence-corrected chi connectivity index (χ3v) is 5.28. The summed E-state index contributed by atoms with van der Waals surface area (Å²) in [6.07, 6.45) is 3.28. The van der Waals surface area contributed by atoms with Crippen LogP contribution in [0.5, 0.6) is 11.5 Å². The van der Waals surface area contributed by atoms with Crippen LogP contribution in [0, 0.1) is 6.92 Å². The van der Waals surface area contributed by atoms with Crippen molar-refractivity contribution in [3.05, 3.63) is 53.1 Å². The third-order valence-electron chi connectivity index (χ3n) is 5.28. The molecule has 1 heterocycles. The third kappa shape index (κ3) is 4.58. The van der Waals surface area contributed by atoms with Crippen molar-refractivity contribution in [3.8, 4) is 11.5 Å². The van der Waals surface area contributed by atoms with Gasteiger partial charge in [0.2, 0.25) is 5.91 Å². The van der Waals surface area contributed by atoms with Gasteiger partial charge >= 0.3 is 0 Å². The topological polar surface area (TPSA) is 67.9 Å². The zero-order valence-electron chi connectivity index (χ0n) is 18.2. The van der Waals surface area contributed by atoms with E-state index in [2.05, 4.69) is 12.2 Å². The molecule has 0 bridgehead atoms. The molecule has 6 nitrogen and oxygen atoms in total. The molecule has 3 rings (SSSR count). The van der Waals surface area contributed by atoms with Gasteiger partial charge in [-0.2, -0.15) is 0 Å². The summed E-state index contributed by atoms with van der Waals surface area (Å²) < 4.78 is 11.4. The van der Waals surface area contributed by atoms with E-state index < -0.39 is 6.04 Å². The minimum Gasteiger partial charge on any atom is -0.493 e. The van der Waals surface area contributed by atoms with Crippen molar-refractivity contribution < 1.29 is 19.1 Å². The highest BCUT2D eigenvalue weighted by atomic mass is 16.5. The molecule has 0 aliphatic carbocycles. The van der Waals surface area contributed by atoms with Crippen LogP contribution in [0.4, 0.5) is 5.69 Å². The SMILES string of the molecule is CCCCCOc1ccc(CN2C(=O)[C@H](NC(C)=O)c3cccc(C)c32)cc1OC. The molecule has 1 aliphatic heterocycles. The predicted octanol–water partition coefficient (Wildman–Crippen LogP) is 4.30. The summed E-state index contributed by atoms with van der Waals surface area (Å²) in [5.74, 6) is 0.999. The van der Waals surface area contributed by atoms with E-state index in [4.69, 9.17) is 9.47 Å². The number of anilines is 1. The number of nitrogens with zero attached hydrogens (tertiary/aromatic N) is 1. The summed E-state index contributed by atoms with van der Waals surface area (Å²) in [7, 11) is 1.62. The normalized spacial score (nSPS) is 15.1. The van der Waals surface area contributed by atoms with Gasteiger partial charge in [0.15, 0.2) is 11.5 Å². The standard InChI is InChI=1S/C24H30N2O4/c1-5-6-7-13-30-20-12-11-18(14-21(20)29-4)15-26-23-16(2)9-8-10-19(23)22(24(26)28)25-17(3)27/h8-12,14,22H,5-7,13,15H2,1-4H3,(H,25,27)/t22-/m1/s1. The van der Waals surface area contributed by atoms with Gasteiger partial charge in [0.1, 0.15) is 6.04 Å². The van der Waals surface area contributed by atoms with E-state index >= 15 is 0 Å². The largest absolute Gasteiger partial charge is 0.493 e. The summed E-state index contributed by atoms with van der Waals surface area (Å²) >= 11 is 0. The van der Waals surface area contributed by atoms with E-state index in [1.165, 1.54) is 6.92 Å². The molecular weight excluding hydrogens is 380 g/mol. The zero-order chi connectivity index (χ0) is 21.7. The Labute approximate surface area is 178 Å². The quantitative estimate of drug-likeness (QED) is 0.626. The maximum Gasteiger partial charge on any atom is 0.254 e. The first-order chi connectivity index (χ1) is 14.5. The number of carbonyl (C=O) groups excluding carboxylic acids is 2. The van der Waals surface area contributed by atoms with Gasteiger partial charge in [0.05, 0.1) is 25.9 Å². The number of carbonyl (C=O) groups is 2. The van der Waals surface area contributed by atoms with Crippen molar-refractivity contribution >= 4 is 17.5 Å². The first kappa shape index (κ1) is 21.7. The van der Waals surface area contributed by atoms with Crippen LogP contribution in [0.2, 0.25) is 0 Å². The Morgan fingerprint density at radius 2 is 1.97 bits per heavy atom. The van der Waals surface area contributed by atoms with Gasteiger partial charge in [0, 0.05) is 12.5 Å². The lowest BCUT2D eigenvalue weighted by atomic mass is 10.0. The molecule has 0 spiro atoms. The second kappa shape index (κ2) is 9.65. The Morgan fingerprint density at radius 1 is 1.17 bits per heavy atom. The number of benzene rings is 2. The predicted molar refractivity (Wildman–Crippen MR) is 117 cm³/mol. The fourth-order valence-corrected chi connectivity index (χ4v) is 3.83. The highest BCUT2D eigenvalue weighted by Crippen LogP contribution is 2.40. The first-order valence-electron chi connectivity index (χ1n) is 10.4. The molecule has 6 heteroatoms. The number of nitrogens with one attached hydrogen (secondary N) is 1. The fraction of sp³-hybridized carbons (Fsp3) is 0.417. The van der Waals surface area contributed by atoms with Crippen molar-refractivity contribution in [2.45, 2.75) is 52.6 Å². The van der Waals surface area contributed by atoms with Gasteiger partial charge in [0.25, 0.3) is 5.91 Å². The number of unbranched alkanes of at least 4 members (excludes halogenated alkanes) is 2. The number of hydrogen-bond donors (Lipinski definition) is 1. The Hall–Kier alpha value is -3.02. The van der Waals surface area contributed by atoms with Crippen molar-refractivity contribution in [2.75, 3.05) is 18.6 Å². The summed E-state index contributed by atoms with van der Waals surface area (Å²) in [4.78, 5) is 26.5. The molecule has 2 aromatic rings. The van der Waals surface area contributed by atoms with E-state index in [0.717, 1.165) is 41.6 Å². The number of fused-ring (bicyclic) bond motifs is 1. The molecule has 0 aromatic heterocycles. The maximum absolute atomic E-state index is 13.1. The highest BCUT2D eigenvalue weighted by Gasteiger charge is 2.38. The molecule has 1 atom stereocenters. The molecule has 1 aliphatic rings. The molecule has 2 aromatic carbocycles. The lowest BCUT2D eigenvalue weighted by Gasteiger charge is -2.20. The lowest BCUT2D eigenvalue weighted by molar-refractivity contribution is -0.126. The Balaban J connectivity index is 1.83. The van der Waals surface area contributed by atoms with Crippen molar-refractivity contribution in [2.24, 2.45) is 0 Å². The van der Waals surface area contributed by atoms with Crippen LogP contribution in [-0.2, 0) is 16.1 Å². The monoisotopic (exact) mass is 410 g/mol. The summed E-state index contributed by atoms with van der Waals surface area (Å²) in [6.45, 7) is 6.60. The van der Waals surface area contributed by atoms with E-state index in [-0.39, 0.29) is 11.8 Å². The van der Waals surface area contributed by atoms with E-state index in [9.17, 15) is 9.59 Å². The summed E-state index contributed by atoms with van der Waals surface area (Å²) in [5.41, 5.74) is 3.62. The van der Waals surface area contributed by atoms with Crippen LogP contribution < -0.4 is 19.7 Å². The number of hydrogen-bond acceptors (Lipinski definition) is 4. The number of para-hydroxylation sites is 1. The molecule has 2 amide bonds. The van der Waals surface area contributed by atoms with Gasteiger partial charge in [-0.25, -0.2) is 0 Å². The fourth-order valence-electron chi connectivity index (χ4n) is 3.83. The minimum atomic E-state index is -0.652. The molecule has 0 radical (unpaired) electrons. The molecule has 30 heavy (non-hydrogen) atoms. The van der Waals surface area contributed by atoms with Crippen molar-refractivity contribution in [1.82, 2.24) is 5.32 Å². The molecule has 0 saturated carbocycles. The highest BCUT2D eigenvalue weighted by molar-refractivity contribution is 6.06.